The number of hydrogen-bond donors (Lipinski definition) is 1. The molecule has 1 N–H and O–H groups in total. The van der Waals surface area contributed by atoms with E-state index in [1.807, 2.05) is 0 Å². The van der Waals surface area contributed by atoms with Gasteiger partial charge in [-0.1, -0.05) is 12.2 Å². The van der Waals surface area contributed by atoms with Gasteiger partial charge in [-0.15, -0.1) is 0 Å². The molecule has 1 unspecified atom stereocenters. The second-order valence-electron chi connectivity index (χ2n) is 5.09. The van der Waals surface area contributed by atoms with Crippen molar-refractivity contribution >= 4 is 0 Å². The van der Waals surface area contributed by atoms with Gasteiger partial charge < -0.3 is 10.2 Å². The highest BCUT2D eigenvalue weighted by Crippen LogP contribution is 2.20. The molecule has 2 nitrogen and oxygen atoms in total. The topological polar surface area (TPSA) is 15.3 Å². The number of hydrogen-bond acceptors (Lipinski definition) is 2. The zero-order valence-electron chi connectivity index (χ0n) is 9.91. The average Bonchev–Trinajstić information content (AvgIpc) is 2.91. The molecule has 0 aliphatic heterocycles. The van der Waals surface area contributed by atoms with Crippen molar-refractivity contribution in [1.82, 2.24) is 10.2 Å². The summed E-state index contributed by atoms with van der Waals surface area (Å²) < 4.78 is 0. The first-order valence-electron chi connectivity index (χ1n) is 6.43. The minimum atomic E-state index is 0.858. The standard InChI is InChI=1S/C13H24N2/c1-15(11-9-14-13-6-7-13)10-8-12-4-2-3-5-12/h2,4,12-14H,3,5-11H2,1H3. The van der Waals surface area contributed by atoms with Gasteiger partial charge in [0.25, 0.3) is 0 Å². The fraction of sp³-hybridized carbons (Fsp3) is 0.846. The smallest absolute Gasteiger partial charge is 0.0104 e. The van der Waals surface area contributed by atoms with Crippen LogP contribution in [0.25, 0.3) is 0 Å². The fourth-order valence-electron chi connectivity index (χ4n) is 2.18. The van der Waals surface area contributed by atoms with Crippen molar-refractivity contribution in [2.45, 2.75) is 38.1 Å². The van der Waals surface area contributed by atoms with Crippen LogP contribution in [0.4, 0.5) is 0 Å². The lowest BCUT2D eigenvalue weighted by atomic mass is 10.1. The lowest BCUT2D eigenvalue weighted by Crippen LogP contribution is -2.31. The van der Waals surface area contributed by atoms with Crippen LogP contribution in [0.1, 0.15) is 32.1 Å². The Labute approximate surface area is 93.7 Å². The molecule has 0 aromatic rings. The normalized spacial score (nSPS) is 25.3. The molecule has 15 heavy (non-hydrogen) atoms. The summed E-state index contributed by atoms with van der Waals surface area (Å²) in [5.41, 5.74) is 0. The molecule has 0 radical (unpaired) electrons. The van der Waals surface area contributed by atoms with E-state index in [9.17, 15) is 0 Å². The molecule has 1 saturated carbocycles. The van der Waals surface area contributed by atoms with Gasteiger partial charge in [-0.25, -0.2) is 0 Å². The van der Waals surface area contributed by atoms with Crippen LogP contribution >= 0.6 is 0 Å². The first kappa shape index (κ1) is 11.2. The van der Waals surface area contributed by atoms with Crippen molar-refractivity contribution in [2.24, 2.45) is 5.92 Å². The van der Waals surface area contributed by atoms with Crippen LogP contribution in [-0.2, 0) is 0 Å². The Morgan fingerprint density at radius 3 is 2.80 bits per heavy atom. The molecule has 1 atom stereocenters. The third-order valence-corrected chi connectivity index (χ3v) is 3.50. The van der Waals surface area contributed by atoms with Gasteiger partial charge in [0.2, 0.25) is 0 Å². The largest absolute Gasteiger partial charge is 0.313 e. The highest BCUT2D eigenvalue weighted by atomic mass is 15.1. The van der Waals surface area contributed by atoms with E-state index in [1.165, 1.54) is 51.7 Å². The summed E-state index contributed by atoms with van der Waals surface area (Å²) in [7, 11) is 2.24. The Hall–Kier alpha value is -0.340. The monoisotopic (exact) mass is 208 g/mol. The number of nitrogens with zero attached hydrogens (tertiary/aromatic N) is 1. The lowest BCUT2D eigenvalue weighted by molar-refractivity contribution is 0.310. The summed E-state index contributed by atoms with van der Waals surface area (Å²) in [6.45, 7) is 3.62. The molecule has 0 amide bonds. The van der Waals surface area contributed by atoms with Crippen LogP contribution < -0.4 is 5.32 Å². The summed E-state index contributed by atoms with van der Waals surface area (Å²) in [6.07, 6.45) is 11.6. The SMILES string of the molecule is CN(CCNC1CC1)CCC1C=CCC1. The van der Waals surface area contributed by atoms with Gasteiger partial charge in [-0.3, -0.25) is 0 Å². The second kappa shape index (κ2) is 5.66. The number of rotatable bonds is 7. The van der Waals surface area contributed by atoms with Crippen molar-refractivity contribution in [3.63, 3.8) is 0 Å². The molecule has 0 spiro atoms. The molecule has 2 aliphatic rings. The molecule has 0 heterocycles. The molecular weight excluding hydrogens is 184 g/mol. The average molecular weight is 208 g/mol. The van der Waals surface area contributed by atoms with Crippen molar-refractivity contribution in [1.29, 1.82) is 0 Å². The van der Waals surface area contributed by atoms with Gasteiger partial charge in [0.15, 0.2) is 0 Å². The van der Waals surface area contributed by atoms with E-state index in [1.54, 1.807) is 0 Å². The van der Waals surface area contributed by atoms with E-state index in [0.717, 1.165) is 12.0 Å². The van der Waals surface area contributed by atoms with Crippen LogP contribution in [-0.4, -0.2) is 37.6 Å². The zero-order valence-corrected chi connectivity index (χ0v) is 9.91. The maximum atomic E-state index is 3.56. The summed E-state index contributed by atoms with van der Waals surface area (Å²) in [5.74, 6) is 0.865. The van der Waals surface area contributed by atoms with Crippen molar-refractivity contribution in [2.75, 3.05) is 26.7 Å². The molecule has 2 rings (SSSR count). The molecule has 2 heteroatoms. The van der Waals surface area contributed by atoms with Gasteiger partial charge in [-0.05, 0) is 51.6 Å². The zero-order chi connectivity index (χ0) is 10.5. The van der Waals surface area contributed by atoms with E-state index in [4.69, 9.17) is 0 Å². The predicted octanol–water partition coefficient (Wildman–Crippen LogP) is 2.03. The first-order valence-corrected chi connectivity index (χ1v) is 6.43. The predicted molar refractivity (Wildman–Crippen MR) is 65.0 cm³/mol. The molecule has 0 aromatic heterocycles. The fourth-order valence-corrected chi connectivity index (χ4v) is 2.18. The summed E-state index contributed by atoms with van der Waals surface area (Å²) in [4.78, 5) is 2.46. The Morgan fingerprint density at radius 1 is 1.27 bits per heavy atom. The number of nitrogens with one attached hydrogen (secondary N) is 1. The summed E-state index contributed by atoms with van der Waals surface area (Å²) >= 11 is 0. The van der Waals surface area contributed by atoms with Gasteiger partial charge >= 0.3 is 0 Å². The van der Waals surface area contributed by atoms with E-state index >= 15 is 0 Å². The van der Waals surface area contributed by atoms with Crippen molar-refractivity contribution < 1.29 is 0 Å². The van der Waals surface area contributed by atoms with Gasteiger partial charge in [0, 0.05) is 19.1 Å². The number of allylic oxidation sites excluding steroid dienone is 2. The maximum Gasteiger partial charge on any atom is 0.0104 e. The minimum absolute atomic E-state index is 0.858. The molecule has 0 saturated heterocycles. The van der Waals surface area contributed by atoms with Crippen LogP contribution in [0, 0.1) is 5.92 Å². The van der Waals surface area contributed by atoms with Crippen LogP contribution in [0.15, 0.2) is 12.2 Å². The van der Waals surface area contributed by atoms with Crippen molar-refractivity contribution in [3.8, 4) is 0 Å². The second-order valence-corrected chi connectivity index (χ2v) is 5.09. The molecule has 0 bridgehead atoms. The molecule has 86 valence electrons. The van der Waals surface area contributed by atoms with Gasteiger partial charge in [0.05, 0.1) is 0 Å². The molecule has 2 aliphatic carbocycles. The Kier molecular flexibility index (Phi) is 4.21. The van der Waals surface area contributed by atoms with Crippen LogP contribution in [0.5, 0.6) is 0 Å². The minimum Gasteiger partial charge on any atom is -0.313 e. The van der Waals surface area contributed by atoms with E-state index in [-0.39, 0.29) is 0 Å². The summed E-state index contributed by atoms with van der Waals surface area (Å²) in [5, 5.41) is 3.56. The van der Waals surface area contributed by atoms with Crippen LogP contribution in [0.2, 0.25) is 0 Å². The third kappa shape index (κ3) is 4.35. The quantitative estimate of drug-likeness (QED) is 0.644. The molecule has 1 fully saturated rings. The summed E-state index contributed by atoms with van der Waals surface area (Å²) in [6, 6.07) is 0.858. The Morgan fingerprint density at radius 2 is 2.13 bits per heavy atom. The highest BCUT2D eigenvalue weighted by molar-refractivity contribution is 4.96. The van der Waals surface area contributed by atoms with Crippen LogP contribution in [0.3, 0.4) is 0 Å². The Bertz CT molecular complexity index is 209. The highest BCUT2D eigenvalue weighted by Gasteiger charge is 2.19. The third-order valence-electron chi connectivity index (χ3n) is 3.50. The van der Waals surface area contributed by atoms with E-state index in [0.29, 0.717) is 0 Å². The Balaban J connectivity index is 1.47. The first-order chi connectivity index (χ1) is 7.34. The number of likely N-dealkylation sites (N-methyl/N-ethyl adjacent to an activating group) is 1. The van der Waals surface area contributed by atoms with E-state index in [2.05, 4.69) is 29.4 Å². The van der Waals surface area contributed by atoms with E-state index < -0.39 is 0 Å². The van der Waals surface area contributed by atoms with Gasteiger partial charge in [-0.2, -0.15) is 0 Å². The molecule has 0 aromatic carbocycles. The lowest BCUT2D eigenvalue weighted by Gasteiger charge is -2.18. The van der Waals surface area contributed by atoms with Crippen molar-refractivity contribution in [3.05, 3.63) is 12.2 Å². The van der Waals surface area contributed by atoms with Gasteiger partial charge in [0.1, 0.15) is 0 Å². The molecular formula is C13H24N2. The maximum absolute atomic E-state index is 3.56.